The molecule has 0 heterocycles. The molecule has 1 N–H and O–H groups in total. The Bertz CT molecular complexity index is 725. The van der Waals surface area contributed by atoms with E-state index in [9.17, 15) is 5.11 Å². The summed E-state index contributed by atoms with van der Waals surface area (Å²) >= 11 is 0. The zero-order chi connectivity index (χ0) is 37.4. The largest absolute Gasteiger partial charge is 0.495 e. The quantitative estimate of drug-likeness (QED) is 0.0380. The lowest BCUT2D eigenvalue weighted by Crippen LogP contribution is -2.29. The summed E-state index contributed by atoms with van der Waals surface area (Å²) in [4.78, 5) is 2.52. The summed E-state index contributed by atoms with van der Waals surface area (Å²) in [6.07, 6.45) is 47.9. The second kappa shape index (κ2) is 40.8. The average molecular weight is 768 g/mol. The molecule has 5 heteroatoms. The third kappa shape index (κ3) is 32.4. The monoisotopic (exact) mass is 768 g/mol. The van der Waals surface area contributed by atoms with Gasteiger partial charge in [0.15, 0.2) is 0 Å². The molecule has 1 saturated carbocycles. The first-order valence-corrected chi connectivity index (χ1v) is 26.2. The molecular formula is C47H93NO2S2. The smallest absolute Gasteiger partial charge is 0.0982 e. The summed E-state index contributed by atoms with van der Waals surface area (Å²) in [7, 11) is 4.21. The molecule has 52 heavy (non-hydrogen) atoms. The SMILES string of the molecule is CCCCCCCCCSSCCCCCCCN(CCO)CCCCCCCC(OC(CCCCCCCC)CCCCCCCC)=C1CCC1. The Morgan fingerprint density at radius 1 is 0.519 bits per heavy atom. The molecule has 0 aromatic carbocycles. The Hall–Kier alpha value is 0.160. The number of aliphatic hydroxyl groups is 1. The summed E-state index contributed by atoms with van der Waals surface area (Å²) in [6, 6.07) is 0. The minimum Gasteiger partial charge on any atom is -0.495 e. The number of ether oxygens (including phenoxy) is 1. The topological polar surface area (TPSA) is 32.7 Å². The first kappa shape index (κ1) is 50.2. The van der Waals surface area contributed by atoms with Crippen LogP contribution in [-0.4, -0.2) is 53.9 Å². The van der Waals surface area contributed by atoms with Crippen LogP contribution in [0, 0.1) is 0 Å². The first-order valence-electron chi connectivity index (χ1n) is 23.7. The van der Waals surface area contributed by atoms with Gasteiger partial charge in [-0.15, -0.1) is 0 Å². The van der Waals surface area contributed by atoms with E-state index in [1.54, 1.807) is 5.57 Å². The highest BCUT2D eigenvalue weighted by atomic mass is 33.1. The fourth-order valence-corrected chi connectivity index (χ4v) is 9.90. The van der Waals surface area contributed by atoms with Crippen molar-refractivity contribution in [3.8, 4) is 0 Å². The van der Waals surface area contributed by atoms with Crippen LogP contribution in [0.2, 0.25) is 0 Å². The number of rotatable bonds is 43. The van der Waals surface area contributed by atoms with E-state index in [1.165, 1.54) is 242 Å². The highest BCUT2D eigenvalue weighted by molar-refractivity contribution is 8.76. The Kier molecular flexibility index (Phi) is 39.4. The lowest BCUT2D eigenvalue weighted by Gasteiger charge is -2.27. The number of hydrogen-bond donors (Lipinski definition) is 1. The van der Waals surface area contributed by atoms with Crippen LogP contribution >= 0.6 is 21.6 Å². The van der Waals surface area contributed by atoms with Gasteiger partial charge in [0.25, 0.3) is 0 Å². The Balaban J connectivity index is 2.18. The minimum absolute atomic E-state index is 0.296. The van der Waals surface area contributed by atoms with Crippen molar-refractivity contribution in [1.82, 2.24) is 4.90 Å². The van der Waals surface area contributed by atoms with Crippen LogP contribution in [0.3, 0.4) is 0 Å². The van der Waals surface area contributed by atoms with Crippen molar-refractivity contribution in [2.24, 2.45) is 0 Å². The van der Waals surface area contributed by atoms with Crippen LogP contribution in [0.5, 0.6) is 0 Å². The van der Waals surface area contributed by atoms with Gasteiger partial charge < -0.3 is 14.7 Å². The van der Waals surface area contributed by atoms with Crippen LogP contribution < -0.4 is 0 Å². The van der Waals surface area contributed by atoms with Gasteiger partial charge in [0, 0.05) is 24.5 Å². The van der Waals surface area contributed by atoms with Gasteiger partial charge in [-0.25, -0.2) is 0 Å². The van der Waals surface area contributed by atoms with Gasteiger partial charge >= 0.3 is 0 Å². The Labute approximate surface area is 335 Å². The molecule has 0 aromatic rings. The molecule has 0 atom stereocenters. The van der Waals surface area contributed by atoms with Crippen LogP contribution in [0.25, 0.3) is 0 Å². The minimum atomic E-state index is 0.296. The van der Waals surface area contributed by atoms with Crippen LogP contribution in [-0.2, 0) is 4.74 Å². The standard InChI is InChI=1S/C47H93NO2S2/c1-4-7-10-13-16-24-31-43-51-52-44-32-25-18-23-30-40-48(41-42-49)39-29-22-17-21-28-38-47(45-34-33-35-45)50-46(36-26-19-14-11-8-5-2)37-27-20-15-12-9-6-3/h46,49H,4-44H2,1-3H3. The molecule has 1 rings (SSSR count). The molecule has 310 valence electrons. The van der Waals surface area contributed by atoms with Gasteiger partial charge in [-0.05, 0) is 95.7 Å². The maximum absolute atomic E-state index is 9.65. The third-order valence-electron chi connectivity index (χ3n) is 11.3. The average Bonchev–Trinajstić information content (AvgIpc) is 3.12. The molecule has 0 amide bonds. The maximum atomic E-state index is 9.65. The van der Waals surface area contributed by atoms with Crippen molar-refractivity contribution < 1.29 is 9.84 Å². The molecule has 0 radical (unpaired) electrons. The molecule has 0 saturated heterocycles. The van der Waals surface area contributed by atoms with E-state index in [0.29, 0.717) is 12.7 Å². The number of allylic oxidation sites excluding steroid dienone is 2. The first-order chi connectivity index (χ1) is 25.7. The second-order valence-corrected chi connectivity index (χ2v) is 19.1. The number of nitrogens with zero attached hydrogens (tertiary/aromatic N) is 1. The molecule has 0 spiro atoms. The van der Waals surface area contributed by atoms with Gasteiger partial charge in [-0.1, -0.05) is 184 Å². The lowest BCUT2D eigenvalue weighted by molar-refractivity contribution is 0.0834. The van der Waals surface area contributed by atoms with E-state index in [4.69, 9.17) is 4.74 Å². The van der Waals surface area contributed by atoms with E-state index in [1.807, 2.05) is 0 Å². The van der Waals surface area contributed by atoms with Crippen molar-refractivity contribution in [3.63, 3.8) is 0 Å². The summed E-state index contributed by atoms with van der Waals surface area (Å²) < 4.78 is 6.95. The molecule has 0 unspecified atom stereocenters. The number of hydrogen-bond acceptors (Lipinski definition) is 5. The van der Waals surface area contributed by atoms with Gasteiger partial charge in [-0.3, -0.25) is 0 Å². The number of unbranched alkanes of at least 4 members (excludes halogenated alkanes) is 24. The maximum Gasteiger partial charge on any atom is 0.0982 e. The summed E-state index contributed by atoms with van der Waals surface area (Å²) in [5, 5.41) is 9.65. The lowest BCUT2D eigenvalue weighted by atomic mass is 9.89. The zero-order valence-corrected chi connectivity index (χ0v) is 37.3. The van der Waals surface area contributed by atoms with Crippen LogP contribution in [0.15, 0.2) is 11.3 Å². The van der Waals surface area contributed by atoms with Crippen molar-refractivity contribution in [2.45, 2.75) is 252 Å². The van der Waals surface area contributed by atoms with Crippen LogP contribution in [0.1, 0.15) is 245 Å². The molecular weight excluding hydrogens is 675 g/mol. The van der Waals surface area contributed by atoms with Gasteiger partial charge in [0.1, 0.15) is 0 Å². The fourth-order valence-electron chi connectivity index (χ4n) is 7.61. The normalized spacial score (nSPS) is 13.1. The van der Waals surface area contributed by atoms with E-state index >= 15 is 0 Å². The van der Waals surface area contributed by atoms with Gasteiger partial charge in [0.05, 0.1) is 18.5 Å². The van der Waals surface area contributed by atoms with Crippen molar-refractivity contribution >= 4 is 21.6 Å². The van der Waals surface area contributed by atoms with Gasteiger partial charge in [0.2, 0.25) is 0 Å². The molecule has 0 aromatic heterocycles. The predicted octanol–water partition coefficient (Wildman–Crippen LogP) is 16.0. The molecule has 0 bridgehead atoms. The molecule has 0 aliphatic heterocycles. The van der Waals surface area contributed by atoms with E-state index in [2.05, 4.69) is 47.3 Å². The van der Waals surface area contributed by atoms with Gasteiger partial charge in [-0.2, -0.15) is 0 Å². The highest BCUT2D eigenvalue weighted by Crippen LogP contribution is 2.34. The molecule has 1 aliphatic carbocycles. The highest BCUT2D eigenvalue weighted by Gasteiger charge is 2.19. The van der Waals surface area contributed by atoms with E-state index in [-0.39, 0.29) is 0 Å². The fraction of sp³-hybridized carbons (Fsp3) is 0.957. The molecule has 3 nitrogen and oxygen atoms in total. The summed E-state index contributed by atoms with van der Waals surface area (Å²) in [6.45, 7) is 10.4. The van der Waals surface area contributed by atoms with E-state index in [0.717, 1.165) is 19.6 Å². The number of aliphatic hydroxyl groups excluding tert-OH is 1. The van der Waals surface area contributed by atoms with E-state index < -0.39 is 0 Å². The molecule has 1 aliphatic rings. The summed E-state index contributed by atoms with van der Waals surface area (Å²) in [5.74, 6) is 4.08. The predicted molar refractivity (Wildman–Crippen MR) is 239 cm³/mol. The second-order valence-electron chi connectivity index (χ2n) is 16.3. The summed E-state index contributed by atoms with van der Waals surface area (Å²) in [5.41, 5.74) is 1.66. The Morgan fingerprint density at radius 2 is 0.923 bits per heavy atom. The Morgan fingerprint density at radius 3 is 1.35 bits per heavy atom. The van der Waals surface area contributed by atoms with Crippen molar-refractivity contribution in [1.29, 1.82) is 0 Å². The zero-order valence-electron chi connectivity index (χ0n) is 35.7. The molecule has 1 fully saturated rings. The van der Waals surface area contributed by atoms with Crippen molar-refractivity contribution in [2.75, 3.05) is 37.7 Å². The third-order valence-corrected chi connectivity index (χ3v) is 13.9. The van der Waals surface area contributed by atoms with Crippen LogP contribution in [0.4, 0.5) is 0 Å². The van der Waals surface area contributed by atoms with Crippen molar-refractivity contribution in [3.05, 3.63) is 11.3 Å².